The number of nitrogens with zero attached hydrogens (tertiary/aromatic N) is 3. The average molecular weight is 431 g/mol. The Morgan fingerprint density at radius 3 is 2.67 bits per heavy atom. The first-order chi connectivity index (χ1) is 14.1. The van der Waals surface area contributed by atoms with Gasteiger partial charge in [-0.15, -0.1) is 11.3 Å². The molecule has 162 valence electrons. The zero-order valence-corrected chi connectivity index (χ0v) is 19.4. The lowest BCUT2D eigenvalue weighted by Crippen LogP contribution is -2.34. The number of aryl methyl sites for hydroxylation is 1. The lowest BCUT2D eigenvalue weighted by molar-refractivity contribution is 0.0526. The van der Waals surface area contributed by atoms with Crippen LogP contribution in [0.15, 0.2) is 12.3 Å². The van der Waals surface area contributed by atoms with Gasteiger partial charge in [0.05, 0.1) is 11.5 Å². The van der Waals surface area contributed by atoms with Crippen molar-refractivity contribution in [2.45, 2.75) is 66.0 Å². The lowest BCUT2D eigenvalue weighted by Gasteiger charge is -2.22. The molecule has 1 aliphatic rings. The van der Waals surface area contributed by atoms with Crippen LogP contribution in [0.4, 0.5) is 5.82 Å². The second-order valence-electron chi connectivity index (χ2n) is 8.67. The number of esters is 1. The minimum atomic E-state index is -0.506. The van der Waals surface area contributed by atoms with Gasteiger partial charge in [0.1, 0.15) is 11.5 Å². The maximum atomic E-state index is 13.3. The smallest absolute Gasteiger partial charge is 0.367 e. The summed E-state index contributed by atoms with van der Waals surface area (Å²) in [5, 5.41) is 3.55. The first-order valence-electron chi connectivity index (χ1n) is 10.3. The minimum Gasteiger partial charge on any atom is -0.461 e. The van der Waals surface area contributed by atoms with Crippen LogP contribution in [0.3, 0.4) is 0 Å². The van der Waals surface area contributed by atoms with Gasteiger partial charge < -0.3 is 15.0 Å². The summed E-state index contributed by atoms with van der Waals surface area (Å²) >= 11 is 1.19. The molecule has 1 aliphatic heterocycles. The van der Waals surface area contributed by atoms with Crippen LogP contribution in [-0.4, -0.2) is 51.5 Å². The van der Waals surface area contributed by atoms with Crippen molar-refractivity contribution in [2.24, 2.45) is 0 Å². The van der Waals surface area contributed by atoms with Crippen molar-refractivity contribution in [1.82, 2.24) is 14.9 Å². The first-order valence-corrected chi connectivity index (χ1v) is 11.2. The van der Waals surface area contributed by atoms with Gasteiger partial charge in [-0.2, -0.15) is 0 Å². The summed E-state index contributed by atoms with van der Waals surface area (Å²) in [6, 6.07) is 2.12. The molecular formula is C22H30N4O3S. The number of hydrogen-bond donors (Lipinski definition) is 1. The van der Waals surface area contributed by atoms with E-state index in [1.165, 1.54) is 11.3 Å². The molecule has 7 nitrogen and oxygen atoms in total. The van der Waals surface area contributed by atoms with Crippen molar-refractivity contribution in [3.63, 3.8) is 0 Å². The van der Waals surface area contributed by atoms with Gasteiger partial charge in [-0.25, -0.2) is 14.8 Å². The molecule has 0 radical (unpaired) electrons. The number of nitrogens with one attached hydrogen (secondary N) is 1. The van der Waals surface area contributed by atoms with Crippen molar-refractivity contribution in [1.29, 1.82) is 0 Å². The number of carbonyl (C=O) groups is 2. The first kappa shape index (κ1) is 22.2. The van der Waals surface area contributed by atoms with Gasteiger partial charge in [0.15, 0.2) is 0 Å². The standard InChI is InChI=1S/C22H30N4O3S/c1-7-29-21(28)19-24-17(20(27)26-10-8-9-14(26)3)18(30-19)15-12-23-16(11-13(15)2)25-22(4,5)6/h11-12,14H,7-10H2,1-6H3,(H,23,25)/t14-/m0/s1. The summed E-state index contributed by atoms with van der Waals surface area (Å²) in [5.74, 6) is 0.118. The molecule has 3 heterocycles. The van der Waals surface area contributed by atoms with Gasteiger partial charge in [0.25, 0.3) is 5.91 Å². The highest BCUT2D eigenvalue weighted by atomic mass is 32.1. The number of thiazole rings is 1. The molecule has 1 N–H and O–H groups in total. The largest absolute Gasteiger partial charge is 0.461 e. The minimum absolute atomic E-state index is 0.116. The Bertz CT molecular complexity index is 948. The van der Waals surface area contributed by atoms with Crippen molar-refractivity contribution in [3.05, 3.63) is 28.5 Å². The maximum absolute atomic E-state index is 13.3. The fourth-order valence-corrected chi connectivity index (χ4v) is 4.57. The number of ether oxygens (including phenoxy) is 1. The summed E-state index contributed by atoms with van der Waals surface area (Å²) in [4.78, 5) is 37.1. The van der Waals surface area contributed by atoms with Crippen molar-refractivity contribution >= 4 is 29.0 Å². The molecule has 0 aromatic carbocycles. The van der Waals surface area contributed by atoms with E-state index in [0.717, 1.165) is 29.8 Å². The van der Waals surface area contributed by atoms with Gasteiger partial charge >= 0.3 is 5.97 Å². The van der Waals surface area contributed by atoms with Gasteiger partial charge in [-0.3, -0.25) is 4.79 Å². The highest BCUT2D eigenvalue weighted by Crippen LogP contribution is 2.35. The lowest BCUT2D eigenvalue weighted by atomic mass is 10.1. The molecule has 2 aromatic heterocycles. The second-order valence-corrected chi connectivity index (χ2v) is 9.67. The molecule has 1 amide bonds. The molecule has 2 aromatic rings. The van der Waals surface area contributed by atoms with Gasteiger partial charge in [-0.1, -0.05) is 0 Å². The monoisotopic (exact) mass is 430 g/mol. The molecule has 0 bridgehead atoms. The van der Waals surface area contributed by atoms with Crippen LogP contribution in [0.1, 0.15) is 73.3 Å². The van der Waals surface area contributed by atoms with E-state index >= 15 is 0 Å². The molecule has 0 unspecified atom stereocenters. The van der Waals surface area contributed by atoms with E-state index in [1.807, 2.05) is 24.8 Å². The van der Waals surface area contributed by atoms with Crippen LogP contribution in [0.2, 0.25) is 0 Å². The summed E-state index contributed by atoms with van der Waals surface area (Å²) in [6.07, 6.45) is 3.70. The van der Waals surface area contributed by atoms with Crippen LogP contribution >= 0.6 is 11.3 Å². The fourth-order valence-electron chi connectivity index (χ4n) is 3.55. The van der Waals surface area contributed by atoms with E-state index in [9.17, 15) is 9.59 Å². The predicted molar refractivity (Wildman–Crippen MR) is 119 cm³/mol. The van der Waals surface area contributed by atoms with Crippen molar-refractivity contribution < 1.29 is 14.3 Å². The molecule has 1 atom stereocenters. The highest BCUT2D eigenvalue weighted by molar-refractivity contribution is 7.17. The Kier molecular flexibility index (Phi) is 6.45. The van der Waals surface area contributed by atoms with Crippen LogP contribution < -0.4 is 5.32 Å². The third kappa shape index (κ3) is 4.80. The molecule has 3 rings (SSSR count). The Hall–Kier alpha value is -2.48. The Morgan fingerprint density at radius 1 is 1.37 bits per heavy atom. The molecule has 0 aliphatic carbocycles. The van der Waals surface area contributed by atoms with Crippen molar-refractivity contribution in [3.8, 4) is 10.4 Å². The topological polar surface area (TPSA) is 84.4 Å². The van der Waals surface area contributed by atoms with E-state index in [1.54, 1.807) is 13.1 Å². The molecule has 30 heavy (non-hydrogen) atoms. The van der Waals surface area contributed by atoms with E-state index in [-0.39, 0.29) is 29.1 Å². The Labute approximate surface area is 181 Å². The molecule has 1 saturated heterocycles. The highest BCUT2D eigenvalue weighted by Gasteiger charge is 2.32. The van der Waals surface area contributed by atoms with Crippen LogP contribution in [0.25, 0.3) is 10.4 Å². The van der Waals surface area contributed by atoms with Crippen molar-refractivity contribution in [2.75, 3.05) is 18.5 Å². The molecular weight excluding hydrogens is 400 g/mol. The van der Waals surface area contributed by atoms with Gasteiger partial charge in [0, 0.05) is 29.9 Å². The van der Waals surface area contributed by atoms with E-state index in [0.29, 0.717) is 17.1 Å². The summed E-state index contributed by atoms with van der Waals surface area (Å²) < 4.78 is 5.12. The average Bonchev–Trinajstić information content (AvgIpc) is 3.27. The van der Waals surface area contributed by atoms with E-state index in [2.05, 4.69) is 36.1 Å². The summed E-state index contributed by atoms with van der Waals surface area (Å²) in [7, 11) is 0. The zero-order chi connectivity index (χ0) is 22.1. The number of likely N-dealkylation sites (tertiary alicyclic amines) is 1. The zero-order valence-electron chi connectivity index (χ0n) is 18.5. The maximum Gasteiger partial charge on any atom is 0.367 e. The second kappa shape index (κ2) is 8.71. The third-order valence-electron chi connectivity index (χ3n) is 4.95. The Morgan fingerprint density at radius 2 is 2.10 bits per heavy atom. The quantitative estimate of drug-likeness (QED) is 0.702. The Balaban J connectivity index is 2.04. The number of carbonyl (C=O) groups excluding carboxylic acids is 2. The van der Waals surface area contributed by atoms with Crippen LogP contribution in [0.5, 0.6) is 0 Å². The molecule has 0 saturated carbocycles. The number of pyridine rings is 1. The molecule has 0 spiro atoms. The normalized spacial score (nSPS) is 16.6. The van der Waals surface area contributed by atoms with Gasteiger partial charge in [0.2, 0.25) is 5.01 Å². The van der Waals surface area contributed by atoms with E-state index < -0.39 is 5.97 Å². The summed E-state index contributed by atoms with van der Waals surface area (Å²) in [6.45, 7) is 12.9. The van der Waals surface area contributed by atoms with Gasteiger partial charge in [-0.05, 0) is 66.0 Å². The number of rotatable bonds is 5. The third-order valence-corrected chi connectivity index (χ3v) is 6.02. The fraction of sp³-hybridized carbons (Fsp3) is 0.545. The molecule has 8 heteroatoms. The SMILES string of the molecule is CCOC(=O)c1nc(C(=O)N2CCC[C@@H]2C)c(-c2cnc(NC(C)(C)C)cc2C)s1. The van der Waals surface area contributed by atoms with E-state index in [4.69, 9.17) is 4.74 Å². The molecule has 1 fully saturated rings. The number of amides is 1. The number of anilines is 1. The number of aromatic nitrogens is 2. The number of hydrogen-bond acceptors (Lipinski definition) is 7. The van der Waals surface area contributed by atoms with Crippen LogP contribution in [0, 0.1) is 6.92 Å². The van der Waals surface area contributed by atoms with Crippen LogP contribution in [-0.2, 0) is 4.74 Å². The summed E-state index contributed by atoms with van der Waals surface area (Å²) in [5.41, 5.74) is 1.95. The predicted octanol–water partition coefficient (Wildman–Crippen LogP) is 4.53.